The predicted molar refractivity (Wildman–Crippen MR) is 115 cm³/mol. The lowest BCUT2D eigenvalue weighted by molar-refractivity contribution is 0.0177. The molecule has 0 heterocycles. The molecular formula is C23H35NO4. The number of hydrogen-bond donors (Lipinski definition) is 0. The minimum atomic E-state index is -0.323. The van der Waals surface area contributed by atoms with Gasteiger partial charge in [0.15, 0.2) is 0 Å². The highest BCUT2D eigenvalue weighted by Crippen LogP contribution is 2.26. The van der Waals surface area contributed by atoms with Crippen LogP contribution in [0, 0.1) is 6.92 Å². The molecule has 1 aromatic rings. The molecule has 156 valence electrons. The van der Waals surface area contributed by atoms with Crippen LogP contribution in [0.25, 0.3) is 0 Å². The van der Waals surface area contributed by atoms with Gasteiger partial charge in [-0.05, 0) is 47.6 Å². The Morgan fingerprint density at radius 3 is 2.39 bits per heavy atom. The van der Waals surface area contributed by atoms with E-state index >= 15 is 0 Å². The Bertz CT molecular complexity index is 672. The standard InChI is InChI=1S/C23H35NO4/c1-7-8-19(16-24-6)17-27-12-11-26-13-14-28-22(25)20-9-10-21(18(2)15-20)23(3,4)5/h8-10,15-16H,7,11-14,17H2,1-6H3/b19-8+,24-16?. The zero-order valence-electron chi connectivity index (χ0n) is 18.2. The number of nitrogens with zero attached hydrogens (tertiary/aromatic N) is 1. The van der Waals surface area contributed by atoms with Gasteiger partial charge in [0.05, 0.1) is 32.0 Å². The first kappa shape index (κ1) is 24.1. The van der Waals surface area contributed by atoms with Crippen molar-refractivity contribution in [3.8, 4) is 0 Å². The largest absolute Gasteiger partial charge is 0.460 e. The highest BCUT2D eigenvalue weighted by atomic mass is 16.6. The summed E-state index contributed by atoms with van der Waals surface area (Å²) in [5.74, 6) is -0.323. The molecule has 1 rings (SSSR count). The van der Waals surface area contributed by atoms with Gasteiger partial charge in [-0.1, -0.05) is 39.8 Å². The van der Waals surface area contributed by atoms with Crippen molar-refractivity contribution in [1.29, 1.82) is 0 Å². The zero-order valence-corrected chi connectivity index (χ0v) is 18.2. The number of ether oxygens (including phenoxy) is 3. The van der Waals surface area contributed by atoms with Gasteiger partial charge in [0.2, 0.25) is 0 Å². The Hall–Kier alpha value is -1.98. The SMILES string of the molecule is CC/C=C(\C=NC)COCCOCCOC(=O)c1ccc(C(C)(C)C)c(C)c1. The number of benzene rings is 1. The van der Waals surface area contributed by atoms with Crippen LogP contribution in [-0.4, -0.2) is 52.3 Å². The average Bonchev–Trinajstić information content (AvgIpc) is 2.62. The minimum absolute atomic E-state index is 0.0544. The van der Waals surface area contributed by atoms with Crippen molar-refractivity contribution in [3.05, 3.63) is 46.5 Å². The molecule has 0 aliphatic rings. The van der Waals surface area contributed by atoms with E-state index in [0.717, 1.165) is 17.6 Å². The van der Waals surface area contributed by atoms with Crippen LogP contribution in [-0.2, 0) is 19.6 Å². The van der Waals surface area contributed by atoms with Crippen LogP contribution in [0.3, 0.4) is 0 Å². The van der Waals surface area contributed by atoms with Crippen molar-refractivity contribution in [2.24, 2.45) is 4.99 Å². The highest BCUT2D eigenvalue weighted by Gasteiger charge is 2.17. The van der Waals surface area contributed by atoms with Crippen LogP contribution in [0.5, 0.6) is 0 Å². The van der Waals surface area contributed by atoms with E-state index in [1.807, 2.05) is 25.1 Å². The Morgan fingerprint density at radius 1 is 1.11 bits per heavy atom. The van der Waals surface area contributed by atoms with Crippen LogP contribution in [0.1, 0.15) is 55.6 Å². The average molecular weight is 390 g/mol. The molecule has 5 nitrogen and oxygen atoms in total. The first-order chi connectivity index (χ1) is 13.3. The van der Waals surface area contributed by atoms with E-state index in [1.54, 1.807) is 13.3 Å². The van der Waals surface area contributed by atoms with E-state index in [-0.39, 0.29) is 18.0 Å². The number of carbonyl (C=O) groups excluding carboxylic acids is 1. The predicted octanol–water partition coefficient (Wildman–Crippen LogP) is 4.52. The fourth-order valence-electron chi connectivity index (χ4n) is 2.90. The number of esters is 1. The molecule has 0 unspecified atom stereocenters. The second-order valence-corrected chi connectivity index (χ2v) is 7.66. The van der Waals surface area contributed by atoms with Gasteiger partial charge in [0.25, 0.3) is 0 Å². The van der Waals surface area contributed by atoms with E-state index in [4.69, 9.17) is 14.2 Å². The molecule has 1 aromatic carbocycles. The smallest absolute Gasteiger partial charge is 0.338 e. The van der Waals surface area contributed by atoms with Crippen molar-refractivity contribution in [2.75, 3.05) is 40.1 Å². The summed E-state index contributed by atoms with van der Waals surface area (Å²) in [7, 11) is 1.74. The Balaban J connectivity index is 2.25. The summed E-state index contributed by atoms with van der Waals surface area (Å²) in [5.41, 5.74) is 4.02. The molecule has 0 saturated heterocycles. The molecule has 0 atom stereocenters. The molecule has 0 fully saturated rings. The first-order valence-electron chi connectivity index (χ1n) is 9.84. The summed E-state index contributed by atoms with van der Waals surface area (Å²) in [6, 6.07) is 5.72. The molecule has 0 amide bonds. The molecule has 0 saturated carbocycles. The van der Waals surface area contributed by atoms with Crippen molar-refractivity contribution in [1.82, 2.24) is 0 Å². The molecule has 0 aliphatic heterocycles. The molecule has 5 heteroatoms. The van der Waals surface area contributed by atoms with Crippen LogP contribution in [0.15, 0.2) is 34.8 Å². The monoisotopic (exact) mass is 389 g/mol. The van der Waals surface area contributed by atoms with E-state index in [9.17, 15) is 4.79 Å². The summed E-state index contributed by atoms with van der Waals surface area (Å²) < 4.78 is 16.3. The summed E-state index contributed by atoms with van der Waals surface area (Å²) in [5, 5.41) is 0. The molecule has 28 heavy (non-hydrogen) atoms. The Kier molecular flexibility index (Phi) is 10.7. The number of aliphatic imine (C=N–C) groups is 1. The zero-order chi connectivity index (χ0) is 21.0. The fourth-order valence-corrected chi connectivity index (χ4v) is 2.90. The number of aryl methyl sites for hydroxylation is 1. The fraction of sp³-hybridized carbons (Fsp3) is 0.565. The van der Waals surface area contributed by atoms with Crippen molar-refractivity contribution < 1.29 is 19.0 Å². The van der Waals surface area contributed by atoms with E-state index in [0.29, 0.717) is 32.0 Å². The van der Waals surface area contributed by atoms with Gasteiger partial charge in [0.1, 0.15) is 6.61 Å². The maximum absolute atomic E-state index is 12.2. The van der Waals surface area contributed by atoms with Gasteiger partial charge >= 0.3 is 5.97 Å². The van der Waals surface area contributed by atoms with E-state index < -0.39 is 0 Å². The number of rotatable bonds is 11. The lowest BCUT2D eigenvalue weighted by atomic mass is 9.83. The summed E-state index contributed by atoms with van der Waals surface area (Å²) in [6.07, 6.45) is 4.84. The van der Waals surface area contributed by atoms with Crippen LogP contribution in [0.2, 0.25) is 0 Å². The normalized spacial score (nSPS) is 12.6. The van der Waals surface area contributed by atoms with Crippen molar-refractivity contribution in [2.45, 2.75) is 46.5 Å². The molecule has 0 aromatic heterocycles. The van der Waals surface area contributed by atoms with Crippen LogP contribution >= 0.6 is 0 Å². The Labute approximate surface area is 169 Å². The summed E-state index contributed by atoms with van der Waals surface area (Å²) in [6.45, 7) is 12.6. The Morgan fingerprint density at radius 2 is 1.79 bits per heavy atom. The second kappa shape index (κ2) is 12.5. The third kappa shape index (κ3) is 8.81. The lowest BCUT2D eigenvalue weighted by Crippen LogP contribution is -2.16. The van der Waals surface area contributed by atoms with E-state index in [2.05, 4.69) is 38.8 Å². The van der Waals surface area contributed by atoms with Gasteiger partial charge in [0, 0.05) is 13.3 Å². The van der Waals surface area contributed by atoms with Crippen molar-refractivity contribution in [3.63, 3.8) is 0 Å². The minimum Gasteiger partial charge on any atom is -0.460 e. The van der Waals surface area contributed by atoms with E-state index in [1.165, 1.54) is 5.56 Å². The molecule has 0 aliphatic carbocycles. The molecule has 0 spiro atoms. The number of carbonyl (C=O) groups is 1. The molecule has 0 N–H and O–H groups in total. The van der Waals surface area contributed by atoms with Gasteiger partial charge in [-0.2, -0.15) is 0 Å². The molecule has 0 bridgehead atoms. The van der Waals surface area contributed by atoms with Crippen LogP contribution < -0.4 is 0 Å². The van der Waals surface area contributed by atoms with Crippen molar-refractivity contribution >= 4 is 12.2 Å². The summed E-state index contributed by atoms with van der Waals surface area (Å²) >= 11 is 0. The van der Waals surface area contributed by atoms with Gasteiger partial charge in [-0.15, -0.1) is 0 Å². The first-order valence-corrected chi connectivity index (χ1v) is 9.84. The van der Waals surface area contributed by atoms with Gasteiger partial charge < -0.3 is 14.2 Å². The highest BCUT2D eigenvalue weighted by molar-refractivity contribution is 5.89. The quantitative estimate of drug-likeness (QED) is 0.317. The topological polar surface area (TPSA) is 57.1 Å². The van der Waals surface area contributed by atoms with Gasteiger partial charge in [-0.3, -0.25) is 4.99 Å². The lowest BCUT2D eigenvalue weighted by Gasteiger charge is -2.22. The third-order valence-electron chi connectivity index (χ3n) is 4.13. The third-order valence-corrected chi connectivity index (χ3v) is 4.13. The van der Waals surface area contributed by atoms with Gasteiger partial charge in [-0.25, -0.2) is 4.79 Å². The second-order valence-electron chi connectivity index (χ2n) is 7.66. The molecular weight excluding hydrogens is 354 g/mol. The van der Waals surface area contributed by atoms with Crippen LogP contribution in [0.4, 0.5) is 0 Å². The summed E-state index contributed by atoms with van der Waals surface area (Å²) in [4.78, 5) is 16.2. The maximum Gasteiger partial charge on any atom is 0.338 e. The maximum atomic E-state index is 12.2. The molecule has 0 radical (unpaired) electrons. The number of hydrogen-bond acceptors (Lipinski definition) is 5. The number of allylic oxidation sites excluding steroid dienone is 1.